The summed E-state index contributed by atoms with van der Waals surface area (Å²) in [4.78, 5) is 24.3. The summed E-state index contributed by atoms with van der Waals surface area (Å²) >= 11 is 1.66. The van der Waals surface area contributed by atoms with Crippen LogP contribution >= 0.6 is 11.3 Å². The van der Waals surface area contributed by atoms with Crippen molar-refractivity contribution in [2.24, 2.45) is 0 Å². The van der Waals surface area contributed by atoms with E-state index in [9.17, 15) is 4.79 Å². The first-order valence-corrected chi connectivity index (χ1v) is 8.74. The Morgan fingerprint density at radius 1 is 1.08 bits per heavy atom. The van der Waals surface area contributed by atoms with Gasteiger partial charge in [-0.15, -0.1) is 11.3 Å². The second-order valence-electron chi connectivity index (χ2n) is 5.58. The van der Waals surface area contributed by atoms with E-state index in [1.165, 1.54) is 5.56 Å². The van der Waals surface area contributed by atoms with Crippen LogP contribution in [-0.2, 0) is 13.0 Å². The highest BCUT2D eigenvalue weighted by atomic mass is 32.1. The molecule has 0 aliphatic heterocycles. The number of carbonyl (C=O) groups excluding carboxylic acids is 1. The third-order valence-electron chi connectivity index (χ3n) is 3.73. The molecule has 5 heteroatoms. The van der Waals surface area contributed by atoms with E-state index < -0.39 is 0 Å². The molecule has 2 aromatic heterocycles. The van der Waals surface area contributed by atoms with Crippen LogP contribution in [0.5, 0.6) is 0 Å². The Morgan fingerprint density at radius 3 is 2.58 bits per heavy atom. The van der Waals surface area contributed by atoms with Gasteiger partial charge in [-0.25, -0.2) is 4.98 Å². The summed E-state index contributed by atoms with van der Waals surface area (Å²) in [6.07, 6.45) is 4.01. The summed E-state index contributed by atoms with van der Waals surface area (Å²) in [5, 5.41) is 2.03. The molecule has 0 bridgehead atoms. The molecule has 2 heterocycles. The van der Waals surface area contributed by atoms with E-state index in [4.69, 9.17) is 0 Å². The highest BCUT2D eigenvalue weighted by Gasteiger charge is 2.18. The van der Waals surface area contributed by atoms with Crippen molar-refractivity contribution >= 4 is 17.2 Å². The van der Waals surface area contributed by atoms with E-state index >= 15 is 0 Å². The van der Waals surface area contributed by atoms with Crippen LogP contribution in [0.15, 0.2) is 60.2 Å². The highest BCUT2D eigenvalue weighted by Crippen LogP contribution is 2.14. The molecule has 1 aromatic carbocycles. The Bertz CT molecular complexity index is 770. The molecule has 0 saturated carbocycles. The van der Waals surface area contributed by atoms with Gasteiger partial charge in [-0.05, 0) is 30.4 Å². The zero-order chi connectivity index (χ0) is 16.8. The molecular formula is C19H19N3OS. The van der Waals surface area contributed by atoms with Crippen LogP contribution in [0.25, 0.3) is 0 Å². The first-order valence-electron chi connectivity index (χ1n) is 7.86. The van der Waals surface area contributed by atoms with Crippen LogP contribution < -0.4 is 0 Å². The van der Waals surface area contributed by atoms with Crippen molar-refractivity contribution in [3.05, 3.63) is 82.1 Å². The van der Waals surface area contributed by atoms with E-state index in [2.05, 4.69) is 22.1 Å². The Morgan fingerprint density at radius 2 is 1.92 bits per heavy atom. The number of rotatable bonds is 6. The Kier molecular flexibility index (Phi) is 5.33. The predicted octanol–water partition coefficient (Wildman–Crippen LogP) is 3.73. The topological polar surface area (TPSA) is 46.1 Å². The second kappa shape index (κ2) is 7.84. The molecule has 0 N–H and O–H groups in total. The summed E-state index contributed by atoms with van der Waals surface area (Å²) < 4.78 is 0. The minimum Gasteiger partial charge on any atom is -0.332 e. The van der Waals surface area contributed by atoms with Gasteiger partial charge in [-0.1, -0.05) is 36.4 Å². The molecule has 0 radical (unpaired) electrons. The molecule has 3 rings (SSSR count). The van der Waals surface area contributed by atoms with Crippen molar-refractivity contribution in [1.82, 2.24) is 14.9 Å². The standard InChI is InChI=1S/C19H19N3OS/c1-15-12-21-18(13-20-15)19(23)22(14-17-8-5-11-24-17)10-9-16-6-3-2-4-7-16/h2-8,11-13H,9-10,14H2,1H3. The van der Waals surface area contributed by atoms with E-state index in [1.54, 1.807) is 23.7 Å². The van der Waals surface area contributed by atoms with Gasteiger partial charge in [0.15, 0.2) is 0 Å². The van der Waals surface area contributed by atoms with E-state index in [0.29, 0.717) is 18.8 Å². The van der Waals surface area contributed by atoms with Gasteiger partial charge in [-0.3, -0.25) is 9.78 Å². The molecule has 3 aromatic rings. The van der Waals surface area contributed by atoms with Crippen LogP contribution in [0.2, 0.25) is 0 Å². The van der Waals surface area contributed by atoms with Crippen molar-refractivity contribution < 1.29 is 4.79 Å². The summed E-state index contributed by atoms with van der Waals surface area (Å²) in [6.45, 7) is 3.11. The number of nitrogens with zero attached hydrogens (tertiary/aromatic N) is 3. The molecule has 0 saturated heterocycles. The average Bonchev–Trinajstić information content (AvgIpc) is 3.13. The van der Waals surface area contributed by atoms with E-state index in [1.807, 2.05) is 47.5 Å². The molecule has 0 aliphatic carbocycles. The molecule has 0 aliphatic rings. The monoisotopic (exact) mass is 337 g/mol. The summed E-state index contributed by atoms with van der Waals surface area (Å²) in [5.74, 6) is -0.0770. The van der Waals surface area contributed by atoms with Gasteiger partial charge in [0, 0.05) is 17.6 Å². The smallest absolute Gasteiger partial charge is 0.274 e. The normalized spacial score (nSPS) is 10.5. The Balaban J connectivity index is 1.75. The third kappa shape index (κ3) is 4.26. The molecule has 122 valence electrons. The number of carbonyl (C=O) groups is 1. The van der Waals surface area contributed by atoms with Gasteiger partial charge < -0.3 is 4.90 Å². The number of aromatic nitrogens is 2. The number of aryl methyl sites for hydroxylation is 1. The Hall–Kier alpha value is -2.53. The zero-order valence-electron chi connectivity index (χ0n) is 13.6. The van der Waals surface area contributed by atoms with Gasteiger partial charge in [0.1, 0.15) is 5.69 Å². The molecule has 1 amide bonds. The van der Waals surface area contributed by atoms with Crippen LogP contribution in [-0.4, -0.2) is 27.3 Å². The summed E-state index contributed by atoms with van der Waals surface area (Å²) in [5.41, 5.74) is 2.42. The molecule has 0 fully saturated rings. The van der Waals surface area contributed by atoms with E-state index in [0.717, 1.165) is 17.0 Å². The average molecular weight is 337 g/mol. The fourth-order valence-corrected chi connectivity index (χ4v) is 3.14. The summed E-state index contributed by atoms with van der Waals surface area (Å²) in [6, 6.07) is 14.3. The maximum absolute atomic E-state index is 12.8. The fraction of sp³-hybridized carbons (Fsp3) is 0.211. The van der Waals surface area contributed by atoms with Crippen molar-refractivity contribution in [3.63, 3.8) is 0 Å². The molecule has 0 atom stereocenters. The number of benzene rings is 1. The van der Waals surface area contributed by atoms with Crippen LogP contribution in [0.1, 0.15) is 26.6 Å². The van der Waals surface area contributed by atoms with Crippen LogP contribution in [0.4, 0.5) is 0 Å². The second-order valence-corrected chi connectivity index (χ2v) is 6.62. The lowest BCUT2D eigenvalue weighted by molar-refractivity contribution is 0.0740. The van der Waals surface area contributed by atoms with Crippen LogP contribution in [0.3, 0.4) is 0 Å². The van der Waals surface area contributed by atoms with Gasteiger partial charge in [0.05, 0.1) is 18.4 Å². The number of amides is 1. The predicted molar refractivity (Wildman–Crippen MR) is 96.0 cm³/mol. The zero-order valence-corrected chi connectivity index (χ0v) is 14.4. The van der Waals surface area contributed by atoms with Crippen molar-refractivity contribution in [2.45, 2.75) is 19.9 Å². The van der Waals surface area contributed by atoms with E-state index in [-0.39, 0.29) is 5.91 Å². The lowest BCUT2D eigenvalue weighted by Crippen LogP contribution is -2.33. The number of hydrogen-bond donors (Lipinski definition) is 0. The molecule has 24 heavy (non-hydrogen) atoms. The summed E-state index contributed by atoms with van der Waals surface area (Å²) in [7, 11) is 0. The Labute approximate surface area is 145 Å². The fourth-order valence-electron chi connectivity index (χ4n) is 2.42. The van der Waals surface area contributed by atoms with Crippen molar-refractivity contribution in [2.75, 3.05) is 6.54 Å². The van der Waals surface area contributed by atoms with Gasteiger partial charge in [0.25, 0.3) is 5.91 Å². The number of thiophene rings is 1. The lowest BCUT2D eigenvalue weighted by Gasteiger charge is -2.22. The van der Waals surface area contributed by atoms with Gasteiger partial charge in [0.2, 0.25) is 0 Å². The molecular weight excluding hydrogens is 318 g/mol. The minimum atomic E-state index is -0.0770. The largest absolute Gasteiger partial charge is 0.332 e. The first-order chi connectivity index (χ1) is 11.7. The maximum atomic E-state index is 12.8. The third-order valence-corrected chi connectivity index (χ3v) is 4.59. The van der Waals surface area contributed by atoms with Gasteiger partial charge >= 0.3 is 0 Å². The van der Waals surface area contributed by atoms with Crippen molar-refractivity contribution in [3.8, 4) is 0 Å². The van der Waals surface area contributed by atoms with Crippen LogP contribution in [0, 0.1) is 6.92 Å². The SMILES string of the molecule is Cc1cnc(C(=O)N(CCc2ccccc2)Cc2cccs2)cn1. The molecule has 0 unspecified atom stereocenters. The molecule has 4 nitrogen and oxygen atoms in total. The first kappa shape index (κ1) is 16.3. The quantitative estimate of drug-likeness (QED) is 0.688. The lowest BCUT2D eigenvalue weighted by atomic mass is 10.1. The minimum absolute atomic E-state index is 0.0770. The number of hydrogen-bond acceptors (Lipinski definition) is 4. The maximum Gasteiger partial charge on any atom is 0.274 e. The molecule has 0 spiro atoms. The van der Waals surface area contributed by atoms with Gasteiger partial charge in [-0.2, -0.15) is 0 Å². The van der Waals surface area contributed by atoms with Crippen molar-refractivity contribution in [1.29, 1.82) is 0 Å². The highest BCUT2D eigenvalue weighted by molar-refractivity contribution is 7.09.